The van der Waals surface area contributed by atoms with Gasteiger partial charge < -0.3 is 0 Å². The molecule has 0 radical (unpaired) electrons. The second-order valence-electron chi connectivity index (χ2n) is 5.63. The van der Waals surface area contributed by atoms with E-state index in [1.807, 2.05) is 12.1 Å². The third kappa shape index (κ3) is 3.91. The van der Waals surface area contributed by atoms with E-state index < -0.39 is 0 Å². The molecule has 128 valence electrons. The summed E-state index contributed by atoms with van der Waals surface area (Å²) in [6.07, 6.45) is 3.52. The fraction of sp³-hybridized carbons (Fsp3) is 0.316. The third-order valence-electron chi connectivity index (χ3n) is 3.85. The maximum Gasteiger partial charge on any atom is 0.196 e. The summed E-state index contributed by atoms with van der Waals surface area (Å²) >= 11 is 25.3. The van der Waals surface area contributed by atoms with Crippen LogP contribution < -0.4 is 0 Å². The summed E-state index contributed by atoms with van der Waals surface area (Å²) in [5, 5.41) is 1.37. The van der Waals surface area contributed by atoms with E-state index in [0.29, 0.717) is 21.2 Å². The van der Waals surface area contributed by atoms with Crippen LogP contribution in [-0.4, -0.2) is 5.78 Å². The van der Waals surface area contributed by atoms with Gasteiger partial charge in [0, 0.05) is 11.1 Å². The number of halogens is 4. The maximum absolute atomic E-state index is 12.8. The molecule has 0 spiro atoms. The van der Waals surface area contributed by atoms with Crippen molar-refractivity contribution in [2.75, 3.05) is 0 Å². The number of aryl methyl sites for hydroxylation is 2. The first-order chi connectivity index (χ1) is 11.4. The van der Waals surface area contributed by atoms with Crippen LogP contribution in [-0.2, 0) is 12.8 Å². The minimum absolute atomic E-state index is 0.262. The van der Waals surface area contributed by atoms with Crippen LogP contribution in [0.3, 0.4) is 0 Å². The van der Waals surface area contributed by atoms with Crippen molar-refractivity contribution >= 4 is 52.2 Å². The van der Waals surface area contributed by atoms with Crippen molar-refractivity contribution in [1.82, 2.24) is 0 Å². The lowest BCUT2D eigenvalue weighted by Crippen LogP contribution is -2.05. The molecule has 0 saturated heterocycles. The van der Waals surface area contributed by atoms with Crippen molar-refractivity contribution in [3.05, 3.63) is 66.6 Å². The summed E-state index contributed by atoms with van der Waals surface area (Å²) in [7, 11) is 0. The number of rotatable bonds is 6. The molecule has 0 saturated carbocycles. The van der Waals surface area contributed by atoms with Gasteiger partial charge in [0.25, 0.3) is 0 Å². The first kappa shape index (κ1) is 19.6. The highest BCUT2D eigenvalue weighted by atomic mass is 35.5. The molecule has 2 aromatic carbocycles. The zero-order valence-corrected chi connectivity index (χ0v) is 16.6. The molecule has 2 aromatic rings. The summed E-state index contributed by atoms with van der Waals surface area (Å²) in [5.74, 6) is -0.278. The zero-order valence-electron chi connectivity index (χ0n) is 13.6. The summed E-state index contributed by atoms with van der Waals surface area (Å²) in [5.41, 5.74) is 2.54. The van der Waals surface area contributed by atoms with Crippen LogP contribution >= 0.6 is 46.4 Å². The third-order valence-corrected chi connectivity index (χ3v) is 5.69. The molecule has 2 rings (SSSR count). The minimum atomic E-state index is -0.278. The SMILES string of the molecule is CCCc1ccc(C(=O)c2ccc(CCC)c(Cl)c2Cl)c(Cl)c1Cl. The average Bonchev–Trinajstić information content (AvgIpc) is 2.56. The molecule has 0 heterocycles. The van der Waals surface area contributed by atoms with Gasteiger partial charge in [-0.2, -0.15) is 0 Å². The standard InChI is InChI=1S/C19H18Cl4O/c1-3-5-11-7-9-13(17(22)15(11)20)19(24)14-10-8-12(6-4-2)16(21)18(14)23/h7-10H,3-6H2,1-2H3. The van der Waals surface area contributed by atoms with E-state index in [1.165, 1.54) is 0 Å². The molecule has 0 aromatic heterocycles. The number of hydrogen-bond donors (Lipinski definition) is 0. The molecule has 0 aliphatic rings. The van der Waals surface area contributed by atoms with E-state index in [4.69, 9.17) is 46.4 Å². The lowest BCUT2D eigenvalue weighted by Gasteiger charge is -2.12. The van der Waals surface area contributed by atoms with Crippen LogP contribution in [0, 0.1) is 0 Å². The predicted molar refractivity (Wildman–Crippen MR) is 104 cm³/mol. The van der Waals surface area contributed by atoms with Gasteiger partial charge >= 0.3 is 0 Å². The lowest BCUT2D eigenvalue weighted by molar-refractivity contribution is 0.103. The lowest BCUT2D eigenvalue weighted by atomic mass is 9.98. The Labute approximate surface area is 162 Å². The van der Waals surface area contributed by atoms with Gasteiger partial charge in [-0.1, -0.05) is 85.2 Å². The quantitative estimate of drug-likeness (QED) is 0.458. The Morgan fingerprint density at radius 2 is 1.08 bits per heavy atom. The Bertz CT molecular complexity index is 705. The summed E-state index contributed by atoms with van der Waals surface area (Å²) in [4.78, 5) is 12.8. The molecule has 24 heavy (non-hydrogen) atoms. The number of carbonyl (C=O) groups excluding carboxylic acids is 1. The van der Waals surface area contributed by atoms with Crippen molar-refractivity contribution in [3.63, 3.8) is 0 Å². The van der Waals surface area contributed by atoms with E-state index in [0.717, 1.165) is 36.8 Å². The highest BCUT2D eigenvalue weighted by Crippen LogP contribution is 2.35. The number of benzene rings is 2. The van der Waals surface area contributed by atoms with Crippen molar-refractivity contribution in [1.29, 1.82) is 0 Å². The van der Waals surface area contributed by atoms with Crippen LogP contribution in [0.5, 0.6) is 0 Å². The van der Waals surface area contributed by atoms with Gasteiger partial charge in [0.1, 0.15) is 0 Å². The number of hydrogen-bond acceptors (Lipinski definition) is 1. The number of ketones is 1. The van der Waals surface area contributed by atoms with Gasteiger partial charge in [-0.05, 0) is 36.1 Å². The van der Waals surface area contributed by atoms with E-state index in [1.54, 1.807) is 12.1 Å². The molecule has 0 aliphatic carbocycles. The fourth-order valence-corrected chi connectivity index (χ4v) is 3.66. The summed E-state index contributed by atoms with van der Waals surface area (Å²) in [6, 6.07) is 7.08. The molecular weight excluding hydrogens is 386 g/mol. The largest absolute Gasteiger partial charge is 0.288 e. The first-order valence-corrected chi connectivity index (χ1v) is 9.41. The predicted octanol–water partition coefficient (Wildman–Crippen LogP) is 7.44. The van der Waals surface area contributed by atoms with Gasteiger partial charge in [0.2, 0.25) is 0 Å². The maximum atomic E-state index is 12.8. The highest BCUT2D eigenvalue weighted by molar-refractivity contribution is 6.47. The highest BCUT2D eigenvalue weighted by Gasteiger charge is 2.21. The summed E-state index contributed by atoms with van der Waals surface area (Å²) < 4.78 is 0. The molecule has 5 heteroatoms. The summed E-state index contributed by atoms with van der Waals surface area (Å²) in [6.45, 7) is 4.12. The van der Waals surface area contributed by atoms with E-state index in [9.17, 15) is 4.79 Å². The van der Waals surface area contributed by atoms with Gasteiger partial charge in [0.05, 0.1) is 20.1 Å². The molecule has 0 amide bonds. The van der Waals surface area contributed by atoms with Crippen LogP contribution in [0.15, 0.2) is 24.3 Å². The van der Waals surface area contributed by atoms with E-state index >= 15 is 0 Å². The van der Waals surface area contributed by atoms with Crippen LogP contribution in [0.4, 0.5) is 0 Å². The van der Waals surface area contributed by atoms with E-state index in [2.05, 4.69) is 13.8 Å². The molecule has 0 fully saturated rings. The Morgan fingerprint density at radius 3 is 1.42 bits per heavy atom. The zero-order chi connectivity index (χ0) is 17.9. The number of carbonyl (C=O) groups is 1. The molecular formula is C19H18Cl4O. The minimum Gasteiger partial charge on any atom is -0.288 e. The molecule has 0 N–H and O–H groups in total. The molecule has 0 bridgehead atoms. The Hall–Kier alpha value is -0.730. The molecule has 0 unspecified atom stereocenters. The monoisotopic (exact) mass is 402 g/mol. The van der Waals surface area contributed by atoms with Gasteiger partial charge in [-0.3, -0.25) is 4.79 Å². The Kier molecular flexibility index (Phi) is 7.00. The fourth-order valence-electron chi connectivity index (χ4n) is 2.60. The van der Waals surface area contributed by atoms with Gasteiger partial charge in [0.15, 0.2) is 5.78 Å². The van der Waals surface area contributed by atoms with Crippen LogP contribution in [0.2, 0.25) is 20.1 Å². The van der Waals surface area contributed by atoms with Crippen molar-refractivity contribution in [2.24, 2.45) is 0 Å². The Balaban J connectivity index is 2.46. The van der Waals surface area contributed by atoms with Crippen LogP contribution in [0.1, 0.15) is 53.7 Å². The first-order valence-electron chi connectivity index (χ1n) is 7.90. The molecule has 1 nitrogen and oxygen atoms in total. The smallest absolute Gasteiger partial charge is 0.196 e. The van der Waals surface area contributed by atoms with Crippen molar-refractivity contribution in [3.8, 4) is 0 Å². The van der Waals surface area contributed by atoms with E-state index in [-0.39, 0.29) is 15.8 Å². The Morgan fingerprint density at radius 1 is 0.708 bits per heavy atom. The average molecular weight is 404 g/mol. The van der Waals surface area contributed by atoms with Gasteiger partial charge in [-0.25, -0.2) is 0 Å². The molecule has 0 aliphatic heterocycles. The van der Waals surface area contributed by atoms with Crippen LogP contribution in [0.25, 0.3) is 0 Å². The second-order valence-corrected chi connectivity index (χ2v) is 7.14. The van der Waals surface area contributed by atoms with Crippen molar-refractivity contribution < 1.29 is 4.79 Å². The van der Waals surface area contributed by atoms with Crippen molar-refractivity contribution in [2.45, 2.75) is 39.5 Å². The second kappa shape index (κ2) is 8.58. The topological polar surface area (TPSA) is 17.1 Å². The normalized spacial score (nSPS) is 10.9. The molecule has 0 atom stereocenters. The van der Waals surface area contributed by atoms with Gasteiger partial charge in [-0.15, -0.1) is 0 Å².